The fraction of sp³-hybridized carbons (Fsp3) is 0.0833. The highest BCUT2D eigenvalue weighted by Crippen LogP contribution is 2.21. The Kier molecular flexibility index (Phi) is 4.17. The van der Waals surface area contributed by atoms with E-state index in [-0.39, 0.29) is 5.69 Å². The van der Waals surface area contributed by atoms with Gasteiger partial charge in [0.1, 0.15) is 5.03 Å². The molecule has 0 aliphatic carbocycles. The minimum absolute atomic E-state index is 0.0453. The van der Waals surface area contributed by atoms with Gasteiger partial charge in [0.15, 0.2) is 5.69 Å². The second kappa shape index (κ2) is 5.84. The van der Waals surface area contributed by atoms with Crippen LogP contribution in [0.2, 0.25) is 5.02 Å². The van der Waals surface area contributed by atoms with Crippen LogP contribution in [0, 0.1) is 0 Å². The number of carboxylic acid groups (broad SMARTS) is 1. The van der Waals surface area contributed by atoms with Gasteiger partial charge in [-0.25, -0.2) is 9.78 Å². The zero-order chi connectivity index (χ0) is 13.0. The van der Waals surface area contributed by atoms with E-state index >= 15 is 0 Å². The second-order valence-electron chi connectivity index (χ2n) is 3.46. The average Bonchev–Trinajstić information content (AvgIpc) is 2.38. The van der Waals surface area contributed by atoms with Gasteiger partial charge in [0, 0.05) is 10.8 Å². The Morgan fingerprint density at radius 1 is 1.28 bits per heavy atom. The third kappa shape index (κ3) is 3.45. The quantitative estimate of drug-likeness (QED) is 0.872. The smallest absolute Gasteiger partial charge is 0.356 e. The largest absolute Gasteiger partial charge is 0.476 e. The maximum atomic E-state index is 10.7. The van der Waals surface area contributed by atoms with Gasteiger partial charge in [-0.1, -0.05) is 23.7 Å². The van der Waals surface area contributed by atoms with E-state index in [1.165, 1.54) is 18.0 Å². The number of nitrogens with zero attached hydrogens (tertiary/aromatic N) is 2. The maximum absolute atomic E-state index is 10.7. The van der Waals surface area contributed by atoms with Crippen LogP contribution < -0.4 is 0 Å². The van der Waals surface area contributed by atoms with E-state index in [1.54, 1.807) is 6.20 Å². The highest BCUT2D eigenvalue weighted by molar-refractivity contribution is 7.98. The van der Waals surface area contributed by atoms with E-state index in [4.69, 9.17) is 16.7 Å². The van der Waals surface area contributed by atoms with Crippen LogP contribution in [0.4, 0.5) is 0 Å². The van der Waals surface area contributed by atoms with Crippen molar-refractivity contribution in [2.75, 3.05) is 0 Å². The van der Waals surface area contributed by atoms with E-state index < -0.39 is 5.97 Å². The summed E-state index contributed by atoms with van der Waals surface area (Å²) >= 11 is 7.22. The summed E-state index contributed by atoms with van der Waals surface area (Å²) in [5.41, 5.74) is 1.04. The predicted molar refractivity (Wildman–Crippen MR) is 70.0 cm³/mol. The third-order valence-corrected chi connectivity index (χ3v) is 3.35. The Balaban J connectivity index is 2.04. The van der Waals surface area contributed by atoms with Crippen LogP contribution in [0.1, 0.15) is 16.1 Å². The first-order chi connectivity index (χ1) is 8.65. The number of carbonyl (C=O) groups is 1. The van der Waals surface area contributed by atoms with Crippen molar-refractivity contribution in [1.29, 1.82) is 0 Å². The molecule has 1 heterocycles. The van der Waals surface area contributed by atoms with Crippen molar-refractivity contribution in [3.8, 4) is 0 Å². The summed E-state index contributed by atoms with van der Waals surface area (Å²) in [5.74, 6) is -0.383. The molecule has 6 heteroatoms. The molecule has 1 N–H and O–H groups in total. The lowest BCUT2D eigenvalue weighted by Gasteiger charge is -2.02. The summed E-state index contributed by atoms with van der Waals surface area (Å²) in [6.45, 7) is 0. The zero-order valence-electron chi connectivity index (χ0n) is 9.21. The Bertz CT molecular complexity index is 560. The molecule has 0 fully saturated rings. The standard InChI is InChI=1S/C12H9ClN2O2S/c13-9-3-1-8(2-4-9)7-18-11-6-14-5-10(15-11)12(16)17/h1-6H,7H2,(H,16,17). The van der Waals surface area contributed by atoms with E-state index in [9.17, 15) is 4.79 Å². The second-order valence-corrected chi connectivity index (χ2v) is 4.89. The molecule has 4 nitrogen and oxygen atoms in total. The number of carboxylic acids is 1. The van der Waals surface area contributed by atoms with Gasteiger partial charge in [-0.2, -0.15) is 0 Å². The molecular formula is C12H9ClN2O2S. The molecule has 0 radical (unpaired) electrons. The first kappa shape index (κ1) is 12.9. The molecule has 0 saturated carbocycles. The lowest BCUT2D eigenvalue weighted by Crippen LogP contribution is -2.01. The van der Waals surface area contributed by atoms with Gasteiger partial charge in [-0.15, -0.1) is 11.8 Å². The van der Waals surface area contributed by atoms with Crippen LogP contribution in [0.25, 0.3) is 0 Å². The molecular weight excluding hydrogens is 272 g/mol. The minimum atomic E-state index is -1.07. The molecule has 0 aliphatic rings. The minimum Gasteiger partial charge on any atom is -0.476 e. The van der Waals surface area contributed by atoms with Crippen LogP contribution in [0.5, 0.6) is 0 Å². The molecule has 2 rings (SSSR count). The van der Waals surface area contributed by atoms with Crippen molar-refractivity contribution in [3.05, 3.63) is 52.9 Å². The van der Waals surface area contributed by atoms with E-state index in [2.05, 4.69) is 9.97 Å². The number of hydrogen-bond acceptors (Lipinski definition) is 4. The first-order valence-electron chi connectivity index (χ1n) is 5.08. The Morgan fingerprint density at radius 3 is 2.67 bits per heavy atom. The highest BCUT2D eigenvalue weighted by Gasteiger charge is 2.06. The highest BCUT2D eigenvalue weighted by atomic mass is 35.5. The van der Waals surface area contributed by atoms with E-state index in [1.807, 2.05) is 24.3 Å². The van der Waals surface area contributed by atoms with Crippen molar-refractivity contribution in [2.24, 2.45) is 0 Å². The van der Waals surface area contributed by atoms with E-state index in [0.717, 1.165) is 5.56 Å². The fourth-order valence-electron chi connectivity index (χ4n) is 1.26. The molecule has 92 valence electrons. The summed E-state index contributed by atoms with van der Waals surface area (Å²) < 4.78 is 0. The average molecular weight is 281 g/mol. The van der Waals surface area contributed by atoms with Gasteiger partial charge in [0.2, 0.25) is 0 Å². The monoisotopic (exact) mass is 280 g/mol. The molecule has 0 spiro atoms. The molecule has 0 aliphatic heterocycles. The van der Waals surface area contributed by atoms with Gasteiger partial charge < -0.3 is 5.11 Å². The van der Waals surface area contributed by atoms with Crippen LogP contribution in [-0.2, 0) is 5.75 Å². The van der Waals surface area contributed by atoms with Crippen LogP contribution in [0.3, 0.4) is 0 Å². The topological polar surface area (TPSA) is 63.1 Å². The molecule has 0 amide bonds. The summed E-state index contributed by atoms with van der Waals surface area (Å²) in [4.78, 5) is 18.6. The molecule has 18 heavy (non-hydrogen) atoms. The lowest BCUT2D eigenvalue weighted by atomic mass is 10.2. The van der Waals surface area contributed by atoms with Crippen molar-refractivity contribution < 1.29 is 9.90 Å². The van der Waals surface area contributed by atoms with Crippen molar-refractivity contribution >= 4 is 29.3 Å². The Labute approximate surface area is 113 Å². The molecule has 0 bridgehead atoms. The SMILES string of the molecule is O=C(O)c1cncc(SCc2ccc(Cl)cc2)n1. The van der Waals surface area contributed by atoms with Gasteiger partial charge in [-0.3, -0.25) is 4.98 Å². The maximum Gasteiger partial charge on any atom is 0.356 e. The van der Waals surface area contributed by atoms with Crippen molar-refractivity contribution in [1.82, 2.24) is 9.97 Å². The number of rotatable bonds is 4. The Morgan fingerprint density at radius 2 is 2.00 bits per heavy atom. The lowest BCUT2D eigenvalue weighted by molar-refractivity contribution is 0.0689. The van der Waals surface area contributed by atoms with Gasteiger partial charge in [0.25, 0.3) is 0 Å². The van der Waals surface area contributed by atoms with Gasteiger partial charge in [-0.05, 0) is 17.7 Å². The Hall–Kier alpha value is -1.59. The number of aromatic carboxylic acids is 1. The summed E-state index contributed by atoms with van der Waals surface area (Å²) in [7, 11) is 0. The number of thioether (sulfide) groups is 1. The predicted octanol–water partition coefficient (Wildman–Crippen LogP) is 3.12. The van der Waals surface area contributed by atoms with Crippen LogP contribution in [0.15, 0.2) is 41.7 Å². The van der Waals surface area contributed by atoms with Crippen molar-refractivity contribution in [3.63, 3.8) is 0 Å². The molecule has 1 aromatic carbocycles. The third-order valence-electron chi connectivity index (χ3n) is 2.13. The van der Waals surface area contributed by atoms with Gasteiger partial charge in [0.05, 0.1) is 12.4 Å². The van der Waals surface area contributed by atoms with Crippen LogP contribution >= 0.6 is 23.4 Å². The normalized spacial score (nSPS) is 10.3. The molecule has 0 saturated heterocycles. The zero-order valence-corrected chi connectivity index (χ0v) is 10.8. The number of halogens is 1. The first-order valence-corrected chi connectivity index (χ1v) is 6.44. The number of hydrogen-bond donors (Lipinski definition) is 1. The van der Waals surface area contributed by atoms with Gasteiger partial charge >= 0.3 is 5.97 Å². The number of aromatic nitrogens is 2. The molecule has 1 aromatic heterocycles. The van der Waals surface area contributed by atoms with Crippen molar-refractivity contribution in [2.45, 2.75) is 10.8 Å². The fourth-order valence-corrected chi connectivity index (χ4v) is 2.19. The summed E-state index contributed by atoms with van der Waals surface area (Å²) in [6.07, 6.45) is 2.78. The molecule has 2 aromatic rings. The molecule has 0 unspecified atom stereocenters. The van der Waals surface area contributed by atoms with E-state index in [0.29, 0.717) is 15.8 Å². The summed E-state index contributed by atoms with van der Waals surface area (Å²) in [5, 5.41) is 10.1. The molecule has 0 atom stereocenters. The summed E-state index contributed by atoms with van der Waals surface area (Å²) in [6, 6.07) is 7.47. The van der Waals surface area contributed by atoms with Crippen LogP contribution in [-0.4, -0.2) is 21.0 Å². The number of benzene rings is 1.